The first-order valence-electron chi connectivity index (χ1n) is 10.9. The first-order valence-corrected chi connectivity index (χ1v) is 12.1. The van der Waals surface area contributed by atoms with Crippen molar-refractivity contribution in [2.45, 2.75) is 39.2 Å². The summed E-state index contributed by atoms with van der Waals surface area (Å²) in [4.78, 5) is 23.8. The lowest BCUT2D eigenvalue weighted by Crippen LogP contribution is -2.17. The summed E-state index contributed by atoms with van der Waals surface area (Å²) in [7, 11) is 0. The van der Waals surface area contributed by atoms with Crippen molar-refractivity contribution < 1.29 is 23.8 Å². The van der Waals surface area contributed by atoms with Gasteiger partial charge in [0.25, 0.3) is 5.91 Å². The molecule has 0 unspecified atom stereocenters. The Morgan fingerprint density at radius 1 is 1.09 bits per heavy atom. The highest BCUT2D eigenvalue weighted by molar-refractivity contribution is 8.26. The Bertz CT molecular complexity index is 1020. The second-order valence-electron chi connectivity index (χ2n) is 7.29. The maximum atomic E-state index is 11.9. The Labute approximate surface area is 203 Å². The molecule has 1 saturated heterocycles. The van der Waals surface area contributed by atoms with E-state index in [-0.39, 0.29) is 11.9 Å². The van der Waals surface area contributed by atoms with Crippen LogP contribution in [0.3, 0.4) is 0 Å². The maximum absolute atomic E-state index is 11.9. The quantitative estimate of drug-likeness (QED) is 0.190. The molecule has 1 N–H and O–H groups in total. The number of amides is 1. The van der Waals surface area contributed by atoms with E-state index in [0.29, 0.717) is 41.2 Å². The van der Waals surface area contributed by atoms with Crippen LogP contribution in [0.5, 0.6) is 11.5 Å². The fourth-order valence-electron chi connectivity index (χ4n) is 3.15. The van der Waals surface area contributed by atoms with Gasteiger partial charge >= 0.3 is 5.97 Å². The van der Waals surface area contributed by atoms with Crippen LogP contribution in [0.4, 0.5) is 0 Å². The molecular weight excluding hydrogens is 458 g/mol. The van der Waals surface area contributed by atoms with E-state index in [1.807, 2.05) is 55.5 Å². The van der Waals surface area contributed by atoms with Crippen LogP contribution in [0.25, 0.3) is 6.08 Å². The number of hydrogen-bond donors (Lipinski definition) is 1. The summed E-state index contributed by atoms with van der Waals surface area (Å²) < 4.78 is 17.3. The molecule has 1 fully saturated rings. The molecule has 0 aromatic heterocycles. The molecule has 0 spiro atoms. The van der Waals surface area contributed by atoms with Crippen molar-refractivity contribution in [1.29, 1.82) is 0 Å². The number of carbonyl (C=O) groups excluding carboxylic acids is 2. The predicted molar refractivity (Wildman–Crippen MR) is 134 cm³/mol. The highest BCUT2D eigenvalue weighted by Gasteiger charge is 2.21. The minimum atomic E-state index is -0.178. The van der Waals surface area contributed by atoms with Gasteiger partial charge in [-0.25, -0.2) is 0 Å². The molecule has 3 rings (SSSR count). The number of thiocarbonyl (C=S) groups is 1. The molecule has 1 aliphatic heterocycles. The van der Waals surface area contributed by atoms with Crippen LogP contribution < -0.4 is 14.8 Å². The van der Waals surface area contributed by atoms with Gasteiger partial charge in [0.15, 0.2) is 0 Å². The Hall–Kier alpha value is -2.84. The van der Waals surface area contributed by atoms with E-state index in [0.717, 1.165) is 36.1 Å². The zero-order chi connectivity index (χ0) is 23.5. The smallest absolute Gasteiger partial charge is 0.305 e. The third-order valence-corrected chi connectivity index (χ3v) is 5.92. The minimum absolute atomic E-state index is 0.144. The number of esters is 1. The van der Waals surface area contributed by atoms with Crippen molar-refractivity contribution in [3.63, 3.8) is 0 Å². The first kappa shape index (κ1) is 24.8. The van der Waals surface area contributed by atoms with Crippen LogP contribution in [0.2, 0.25) is 0 Å². The molecule has 0 bridgehead atoms. The zero-order valence-electron chi connectivity index (χ0n) is 18.5. The second-order valence-corrected chi connectivity index (χ2v) is 9.00. The SMILES string of the molecule is CCOC(=O)CCCCCOc1ccccc1COc1cccc(C=C2SC(=S)NC2=O)c1. The molecule has 8 heteroatoms. The van der Waals surface area contributed by atoms with E-state index < -0.39 is 0 Å². The predicted octanol–water partition coefficient (Wildman–Crippen LogP) is 5.26. The summed E-state index contributed by atoms with van der Waals surface area (Å²) in [5.74, 6) is 1.16. The van der Waals surface area contributed by atoms with Gasteiger partial charge in [-0.2, -0.15) is 0 Å². The third kappa shape index (κ3) is 8.22. The number of ether oxygens (including phenoxy) is 3. The topological polar surface area (TPSA) is 73.9 Å². The second kappa shape index (κ2) is 13.0. The van der Waals surface area contributed by atoms with Crippen LogP contribution in [-0.2, 0) is 20.9 Å². The highest BCUT2D eigenvalue weighted by atomic mass is 32.2. The number of carbonyl (C=O) groups is 2. The lowest BCUT2D eigenvalue weighted by Gasteiger charge is -2.13. The summed E-state index contributed by atoms with van der Waals surface area (Å²) in [5, 5.41) is 2.61. The number of rotatable bonds is 12. The van der Waals surface area contributed by atoms with Crippen molar-refractivity contribution >= 4 is 46.3 Å². The van der Waals surface area contributed by atoms with Crippen LogP contribution in [0.1, 0.15) is 43.7 Å². The number of unbranched alkanes of at least 4 members (excludes halogenated alkanes) is 2. The molecular formula is C25H27NO5S2. The number of nitrogens with one attached hydrogen (secondary N) is 1. The van der Waals surface area contributed by atoms with Gasteiger partial charge in [-0.05, 0) is 56.0 Å². The Morgan fingerprint density at radius 2 is 1.94 bits per heavy atom. The average Bonchev–Trinajstić information content (AvgIpc) is 3.12. The maximum Gasteiger partial charge on any atom is 0.305 e. The molecule has 6 nitrogen and oxygen atoms in total. The summed E-state index contributed by atoms with van der Waals surface area (Å²) in [5.41, 5.74) is 1.81. The largest absolute Gasteiger partial charge is 0.493 e. The molecule has 0 radical (unpaired) electrons. The van der Waals surface area contributed by atoms with Crippen molar-refractivity contribution in [3.8, 4) is 11.5 Å². The van der Waals surface area contributed by atoms with Crippen molar-refractivity contribution in [3.05, 3.63) is 64.6 Å². The molecule has 33 heavy (non-hydrogen) atoms. The Morgan fingerprint density at radius 3 is 2.73 bits per heavy atom. The molecule has 1 amide bonds. The third-order valence-electron chi connectivity index (χ3n) is 4.75. The molecule has 0 atom stereocenters. The highest BCUT2D eigenvalue weighted by Crippen LogP contribution is 2.27. The molecule has 1 heterocycles. The molecule has 2 aromatic rings. The zero-order valence-corrected chi connectivity index (χ0v) is 20.1. The van der Waals surface area contributed by atoms with Crippen molar-refractivity contribution in [2.24, 2.45) is 0 Å². The standard InChI is InChI=1S/C25H27NO5S2/c1-2-29-23(27)13-4-3-7-14-30-21-12-6-5-10-19(21)17-31-20-11-8-9-18(15-20)16-22-24(28)26-25(32)33-22/h5-6,8-12,15-16H,2-4,7,13-14,17H2,1H3,(H,26,28,32). The van der Waals surface area contributed by atoms with Crippen LogP contribution >= 0.6 is 24.0 Å². The fourth-order valence-corrected chi connectivity index (χ4v) is 4.20. The van der Waals surface area contributed by atoms with Gasteiger partial charge < -0.3 is 19.5 Å². The fraction of sp³-hybridized carbons (Fsp3) is 0.320. The van der Waals surface area contributed by atoms with E-state index in [1.54, 1.807) is 6.08 Å². The van der Waals surface area contributed by atoms with E-state index in [9.17, 15) is 9.59 Å². The van der Waals surface area contributed by atoms with Crippen molar-refractivity contribution in [1.82, 2.24) is 5.32 Å². The molecule has 1 aliphatic rings. The summed E-state index contributed by atoms with van der Waals surface area (Å²) in [6.07, 6.45) is 4.81. The van der Waals surface area contributed by atoms with Gasteiger partial charge in [0.05, 0.1) is 18.1 Å². The van der Waals surface area contributed by atoms with Crippen LogP contribution in [0, 0.1) is 0 Å². The molecule has 0 aliphatic carbocycles. The number of benzene rings is 2. The number of thioether (sulfide) groups is 1. The van der Waals surface area contributed by atoms with E-state index in [1.165, 1.54) is 11.8 Å². The van der Waals surface area contributed by atoms with Gasteiger partial charge in [0, 0.05) is 12.0 Å². The van der Waals surface area contributed by atoms with E-state index in [2.05, 4.69) is 5.32 Å². The van der Waals surface area contributed by atoms with Crippen LogP contribution in [-0.4, -0.2) is 29.4 Å². The van der Waals surface area contributed by atoms with Crippen LogP contribution in [0.15, 0.2) is 53.4 Å². The lowest BCUT2D eigenvalue weighted by molar-refractivity contribution is -0.143. The number of hydrogen-bond acceptors (Lipinski definition) is 7. The molecule has 2 aromatic carbocycles. The van der Waals surface area contributed by atoms with E-state index in [4.69, 9.17) is 26.4 Å². The van der Waals surface area contributed by atoms with Crippen molar-refractivity contribution in [2.75, 3.05) is 13.2 Å². The summed E-state index contributed by atoms with van der Waals surface area (Å²) in [6.45, 7) is 3.17. The summed E-state index contributed by atoms with van der Waals surface area (Å²) >= 11 is 6.28. The normalized spacial score (nSPS) is 14.3. The Balaban J connectivity index is 1.49. The van der Waals surface area contributed by atoms with Gasteiger partial charge in [-0.3, -0.25) is 9.59 Å². The van der Waals surface area contributed by atoms with Gasteiger partial charge in [-0.15, -0.1) is 0 Å². The minimum Gasteiger partial charge on any atom is -0.493 e. The number of para-hydroxylation sites is 1. The summed E-state index contributed by atoms with van der Waals surface area (Å²) in [6, 6.07) is 15.3. The van der Waals surface area contributed by atoms with E-state index >= 15 is 0 Å². The molecule has 0 saturated carbocycles. The average molecular weight is 486 g/mol. The van der Waals surface area contributed by atoms with Gasteiger partial charge in [-0.1, -0.05) is 54.3 Å². The lowest BCUT2D eigenvalue weighted by atomic mass is 10.2. The first-order chi connectivity index (χ1) is 16.0. The molecule has 174 valence electrons. The van der Waals surface area contributed by atoms with Gasteiger partial charge in [0.1, 0.15) is 22.4 Å². The Kier molecular flexibility index (Phi) is 9.77. The monoisotopic (exact) mass is 485 g/mol. The van der Waals surface area contributed by atoms with Gasteiger partial charge in [0.2, 0.25) is 0 Å².